The first kappa shape index (κ1) is 16.5. The standard InChI is InChI=1S/C20H19Cl2N3/c1-13-7-2-3-8-14(13)19-15-9-4-5-12-23-20(15)25(24-19)17-11-6-10-16(21)18(17)22/h2-3,6-8,10-11,23H,4-5,9,12H2,1H3. The van der Waals surface area contributed by atoms with Gasteiger partial charge in [0.1, 0.15) is 5.82 Å². The Morgan fingerprint density at radius 1 is 1.04 bits per heavy atom. The number of rotatable bonds is 2. The fourth-order valence-electron chi connectivity index (χ4n) is 3.39. The number of halogens is 2. The van der Waals surface area contributed by atoms with Gasteiger partial charge < -0.3 is 5.32 Å². The molecule has 0 fully saturated rings. The number of aryl methyl sites for hydroxylation is 1. The molecule has 3 aromatic rings. The maximum atomic E-state index is 6.48. The molecule has 128 valence electrons. The van der Waals surface area contributed by atoms with Crippen molar-refractivity contribution in [2.24, 2.45) is 0 Å². The number of benzene rings is 2. The molecule has 5 heteroatoms. The second-order valence-corrected chi connectivity index (χ2v) is 7.14. The van der Waals surface area contributed by atoms with E-state index < -0.39 is 0 Å². The highest BCUT2D eigenvalue weighted by Crippen LogP contribution is 2.37. The Bertz CT molecular complexity index is 931. The number of fused-ring (bicyclic) bond motifs is 1. The molecule has 0 radical (unpaired) electrons. The van der Waals surface area contributed by atoms with Crippen LogP contribution >= 0.6 is 23.2 Å². The average molecular weight is 372 g/mol. The maximum Gasteiger partial charge on any atom is 0.133 e. The summed E-state index contributed by atoms with van der Waals surface area (Å²) in [7, 11) is 0. The van der Waals surface area contributed by atoms with E-state index in [4.69, 9.17) is 28.3 Å². The highest BCUT2D eigenvalue weighted by Gasteiger charge is 2.23. The van der Waals surface area contributed by atoms with Crippen molar-refractivity contribution in [2.75, 3.05) is 11.9 Å². The summed E-state index contributed by atoms with van der Waals surface area (Å²) in [6, 6.07) is 14.0. The van der Waals surface area contributed by atoms with Crippen LogP contribution in [0, 0.1) is 6.92 Å². The molecule has 0 saturated heterocycles. The van der Waals surface area contributed by atoms with Gasteiger partial charge in [0.25, 0.3) is 0 Å². The lowest BCUT2D eigenvalue weighted by atomic mass is 10.00. The number of hydrogen-bond donors (Lipinski definition) is 1. The van der Waals surface area contributed by atoms with Crippen LogP contribution in [0.25, 0.3) is 16.9 Å². The van der Waals surface area contributed by atoms with E-state index in [2.05, 4.69) is 36.5 Å². The van der Waals surface area contributed by atoms with Gasteiger partial charge in [-0.3, -0.25) is 0 Å². The summed E-state index contributed by atoms with van der Waals surface area (Å²) in [6.45, 7) is 3.06. The summed E-state index contributed by atoms with van der Waals surface area (Å²) >= 11 is 12.7. The molecule has 1 aliphatic rings. The quantitative estimate of drug-likeness (QED) is 0.607. The van der Waals surface area contributed by atoms with Crippen molar-refractivity contribution < 1.29 is 0 Å². The lowest BCUT2D eigenvalue weighted by Gasteiger charge is -2.11. The Morgan fingerprint density at radius 3 is 2.72 bits per heavy atom. The molecule has 1 aliphatic heterocycles. The Balaban J connectivity index is 1.97. The molecule has 1 aromatic heterocycles. The smallest absolute Gasteiger partial charge is 0.133 e. The molecule has 0 unspecified atom stereocenters. The van der Waals surface area contributed by atoms with Crippen LogP contribution in [-0.4, -0.2) is 16.3 Å². The number of nitrogens with one attached hydrogen (secondary N) is 1. The van der Waals surface area contributed by atoms with Crippen molar-refractivity contribution in [1.82, 2.24) is 9.78 Å². The minimum absolute atomic E-state index is 0.525. The minimum atomic E-state index is 0.525. The number of nitrogens with zero attached hydrogens (tertiary/aromatic N) is 2. The van der Waals surface area contributed by atoms with Crippen molar-refractivity contribution in [3.8, 4) is 16.9 Å². The SMILES string of the molecule is Cc1ccccc1-c1nn(-c2cccc(Cl)c2Cl)c2c1CCCCN2. The summed E-state index contributed by atoms with van der Waals surface area (Å²) in [5, 5.41) is 9.56. The first-order valence-corrected chi connectivity index (χ1v) is 9.28. The molecule has 1 N–H and O–H groups in total. The fourth-order valence-corrected chi connectivity index (χ4v) is 3.76. The summed E-state index contributed by atoms with van der Waals surface area (Å²) in [4.78, 5) is 0. The predicted octanol–water partition coefficient (Wildman–Crippen LogP) is 5.90. The van der Waals surface area contributed by atoms with Gasteiger partial charge in [-0.1, -0.05) is 53.5 Å². The van der Waals surface area contributed by atoms with Crippen LogP contribution < -0.4 is 5.32 Å². The number of hydrogen-bond acceptors (Lipinski definition) is 2. The zero-order valence-electron chi connectivity index (χ0n) is 14.0. The Labute approximate surface area is 157 Å². The third-order valence-corrected chi connectivity index (χ3v) is 5.50. The first-order chi connectivity index (χ1) is 12.2. The Kier molecular flexibility index (Phi) is 4.45. The summed E-state index contributed by atoms with van der Waals surface area (Å²) in [5.41, 5.74) is 5.47. The maximum absolute atomic E-state index is 6.48. The molecule has 0 amide bonds. The third kappa shape index (κ3) is 2.92. The summed E-state index contributed by atoms with van der Waals surface area (Å²) in [5.74, 6) is 1.03. The van der Waals surface area contributed by atoms with E-state index in [-0.39, 0.29) is 0 Å². The molecule has 0 aliphatic carbocycles. The van der Waals surface area contributed by atoms with E-state index in [1.54, 1.807) is 6.07 Å². The topological polar surface area (TPSA) is 29.9 Å². The zero-order valence-corrected chi connectivity index (χ0v) is 15.5. The third-order valence-electron chi connectivity index (χ3n) is 4.69. The molecule has 0 atom stereocenters. The van der Waals surface area contributed by atoms with Crippen LogP contribution in [-0.2, 0) is 6.42 Å². The van der Waals surface area contributed by atoms with Crippen LogP contribution in [0.1, 0.15) is 24.0 Å². The van der Waals surface area contributed by atoms with Gasteiger partial charge in [-0.15, -0.1) is 0 Å². The van der Waals surface area contributed by atoms with Crippen LogP contribution in [0.4, 0.5) is 5.82 Å². The van der Waals surface area contributed by atoms with Gasteiger partial charge in [0.05, 0.1) is 21.4 Å². The van der Waals surface area contributed by atoms with Gasteiger partial charge in [0, 0.05) is 17.7 Å². The lowest BCUT2D eigenvalue weighted by molar-refractivity contribution is 0.780. The average Bonchev–Trinajstić information content (AvgIpc) is 2.79. The molecule has 2 heterocycles. The molecule has 2 aromatic carbocycles. The minimum Gasteiger partial charge on any atom is -0.370 e. The first-order valence-electron chi connectivity index (χ1n) is 8.53. The van der Waals surface area contributed by atoms with Gasteiger partial charge in [0.2, 0.25) is 0 Å². The summed E-state index contributed by atoms with van der Waals surface area (Å²) < 4.78 is 1.91. The molecule has 25 heavy (non-hydrogen) atoms. The molecule has 4 rings (SSSR count). The number of anilines is 1. The van der Waals surface area contributed by atoms with Crippen LogP contribution in [0.15, 0.2) is 42.5 Å². The zero-order chi connectivity index (χ0) is 17.4. The molecule has 0 spiro atoms. The van der Waals surface area contributed by atoms with Crippen molar-refractivity contribution >= 4 is 29.0 Å². The largest absolute Gasteiger partial charge is 0.370 e. The van der Waals surface area contributed by atoms with Crippen LogP contribution in [0.2, 0.25) is 10.0 Å². The van der Waals surface area contributed by atoms with Crippen molar-refractivity contribution in [1.29, 1.82) is 0 Å². The second-order valence-electron chi connectivity index (χ2n) is 6.36. The van der Waals surface area contributed by atoms with E-state index in [1.807, 2.05) is 16.8 Å². The monoisotopic (exact) mass is 371 g/mol. The van der Waals surface area contributed by atoms with Crippen LogP contribution in [0.5, 0.6) is 0 Å². The van der Waals surface area contributed by atoms with E-state index in [0.717, 1.165) is 43.0 Å². The van der Waals surface area contributed by atoms with Crippen molar-refractivity contribution in [3.63, 3.8) is 0 Å². The molecule has 0 bridgehead atoms. The van der Waals surface area contributed by atoms with Gasteiger partial charge in [-0.25, -0.2) is 4.68 Å². The number of aromatic nitrogens is 2. The van der Waals surface area contributed by atoms with Gasteiger partial charge in [-0.05, 0) is 43.9 Å². The molecular weight excluding hydrogens is 353 g/mol. The van der Waals surface area contributed by atoms with Crippen molar-refractivity contribution in [3.05, 3.63) is 63.6 Å². The molecule has 0 saturated carbocycles. The van der Waals surface area contributed by atoms with E-state index in [9.17, 15) is 0 Å². The van der Waals surface area contributed by atoms with E-state index in [0.29, 0.717) is 10.0 Å². The normalized spacial score (nSPS) is 13.9. The highest BCUT2D eigenvalue weighted by atomic mass is 35.5. The summed E-state index contributed by atoms with van der Waals surface area (Å²) in [6.07, 6.45) is 3.29. The lowest BCUT2D eigenvalue weighted by Crippen LogP contribution is -2.07. The van der Waals surface area contributed by atoms with E-state index >= 15 is 0 Å². The van der Waals surface area contributed by atoms with Gasteiger partial charge in [0.15, 0.2) is 0 Å². The highest BCUT2D eigenvalue weighted by molar-refractivity contribution is 6.43. The van der Waals surface area contributed by atoms with E-state index in [1.165, 1.54) is 16.7 Å². The predicted molar refractivity (Wildman–Crippen MR) is 105 cm³/mol. The van der Waals surface area contributed by atoms with Gasteiger partial charge in [-0.2, -0.15) is 5.10 Å². The Morgan fingerprint density at radius 2 is 1.88 bits per heavy atom. The Hall–Kier alpha value is -1.97. The van der Waals surface area contributed by atoms with Gasteiger partial charge >= 0.3 is 0 Å². The molecule has 3 nitrogen and oxygen atoms in total. The van der Waals surface area contributed by atoms with Crippen molar-refractivity contribution in [2.45, 2.75) is 26.2 Å². The van der Waals surface area contributed by atoms with Crippen LogP contribution in [0.3, 0.4) is 0 Å². The molecular formula is C20H19Cl2N3. The second kappa shape index (κ2) is 6.74. The fraction of sp³-hybridized carbons (Fsp3) is 0.250.